The van der Waals surface area contributed by atoms with E-state index in [4.69, 9.17) is 4.74 Å². The zero-order chi connectivity index (χ0) is 28.8. The van der Waals surface area contributed by atoms with Gasteiger partial charge in [-0.3, -0.25) is 9.78 Å². The van der Waals surface area contributed by atoms with E-state index >= 15 is 0 Å². The largest absolute Gasteiger partial charge is 0.491 e. The Kier molecular flexibility index (Phi) is 8.76. The second-order valence-corrected chi connectivity index (χ2v) is 9.78. The summed E-state index contributed by atoms with van der Waals surface area (Å²) in [5.41, 5.74) is 1.40. The van der Waals surface area contributed by atoms with Crippen molar-refractivity contribution in [3.8, 4) is 17.0 Å². The molecule has 0 unspecified atom stereocenters. The first kappa shape index (κ1) is 28.1. The van der Waals surface area contributed by atoms with E-state index in [1.54, 1.807) is 12.1 Å². The van der Waals surface area contributed by atoms with Gasteiger partial charge < -0.3 is 25.2 Å². The van der Waals surface area contributed by atoms with E-state index in [0.29, 0.717) is 40.5 Å². The second kappa shape index (κ2) is 12.8. The number of amides is 1. The number of piperazine rings is 1. The van der Waals surface area contributed by atoms with Gasteiger partial charge in [0.1, 0.15) is 35.2 Å². The number of fused-ring (bicyclic) bond motifs is 1. The fourth-order valence-electron chi connectivity index (χ4n) is 4.63. The van der Waals surface area contributed by atoms with Crippen LogP contribution in [0.1, 0.15) is 6.42 Å². The predicted molar refractivity (Wildman–Crippen MR) is 155 cm³/mol. The molecule has 0 atom stereocenters. The van der Waals surface area contributed by atoms with Crippen LogP contribution in [0.3, 0.4) is 0 Å². The zero-order valence-electron chi connectivity index (χ0n) is 22.7. The molecule has 0 radical (unpaired) electrons. The fraction of sp³-hybridized carbons (Fsp3) is 0.267. The average Bonchev–Trinajstić information content (AvgIpc) is 2.98. The summed E-state index contributed by atoms with van der Waals surface area (Å²) in [6, 6.07) is 10.4. The molecule has 0 aliphatic carbocycles. The number of nitrogens with one attached hydrogen (secondary N) is 2. The van der Waals surface area contributed by atoms with Crippen molar-refractivity contribution in [2.24, 2.45) is 0 Å². The Balaban J connectivity index is 1.39. The predicted octanol–water partition coefficient (Wildman–Crippen LogP) is 4.85. The summed E-state index contributed by atoms with van der Waals surface area (Å²) in [5.74, 6) is -0.743. The van der Waals surface area contributed by atoms with E-state index in [-0.39, 0.29) is 11.3 Å². The van der Waals surface area contributed by atoms with Crippen molar-refractivity contribution in [3.05, 3.63) is 79.3 Å². The number of halogens is 2. The van der Waals surface area contributed by atoms with Crippen LogP contribution in [-0.2, 0) is 4.79 Å². The van der Waals surface area contributed by atoms with Gasteiger partial charge in [0.05, 0.1) is 17.8 Å². The van der Waals surface area contributed by atoms with Crippen molar-refractivity contribution >= 4 is 34.0 Å². The van der Waals surface area contributed by atoms with Crippen molar-refractivity contribution in [3.63, 3.8) is 0 Å². The Morgan fingerprint density at radius 2 is 1.90 bits per heavy atom. The van der Waals surface area contributed by atoms with Crippen LogP contribution in [0, 0.1) is 11.6 Å². The van der Waals surface area contributed by atoms with Gasteiger partial charge in [-0.05, 0) is 55.9 Å². The number of carbonyl (C=O) groups is 1. The molecule has 212 valence electrons. The minimum atomic E-state index is -0.630. The van der Waals surface area contributed by atoms with E-state index < -0.39 is 17.5 Å². The van der Waals surface area contributed by atoms with Crippen LogP contribution in [-0.4, -0.2) is 77.0 Å². The van der Waals surface area contributed by atoms with Crippen molar-refractivity contribution < 1.29 is 18.3 Å². The highest BCUT2D eigenvalue weighted by Gasteiger charge is 2.17. The summed E-state index contributed by atoms with van der Waals surface area (Å²) in [6.45, 7) is 9.11. The van der Waals surface area contributed by atoms with E-state index in [1.807, 2.05) is 0 Å². The molecular weight excluding hydrogens is 528 g/mol. The molecule has 2 aromatic carbocycles. The Morgan fingerprint density at radius 1 is 1.07 bits per heavy atom. The first-order valence-corrected chi connectivity index (χ1v) is 13.3. The number of rotatable bonds is 10. The molecule has 41 heavy (non-hydrogen) atoms. The molecule has 0 saturated carbocycles. The molecule has 5 rings (SSSR count). The Labute approximate surface area is 236 Å². The smallest absolute Gasteiger partial charge is 0.247 e. The molecule has 1 amide bonds. The minimum absolute atomic E-state index is 0.0117. The van der Waals surface area contributed by atoms with Crippen molar-refractivity contribution in [2.75, 3.05) is 57.0 Å². The quantitative estimate of drug-likeness (QED) is 0.210. The first-order chi connectivity index (χ1) is 19.9. The lowest BCUT2D eigenvalue weighted by molar-refractivity contribution is -0.111. The van der Waals surface area contributed by atoms with Crippen molar-refractivity contribution in [1.29, 1.82) is 0 Å². The summed E-state index contributed by atoms with van der Waals surface area (Å²) < 4.78 is 35.0. The molecule has 1 fully saturated rings. The third kappa shape index (κ3) is 6.82. The molecular formula is C30H31F2N7O2. The lowest BCUT2D eigenvalue weighted by Gasteiger charge is -2.32. The maximum Gasteiger partial charge on any atom is 0.247 e. The van der Waals surface area contributed by atoms with Gasteiger partial charge in [0.2, 0.25) is 5.91 Å². The van der Waals surface area contributed by atoms with Crippen LogP contribution in [0.5, 0.6) is 5.75 Å². The van der Waals surface area contributed by atoms with E-state index in [9.17, 15) is 13.6 Å². The average molecular weight is 560 g/mol. The SMILES string of the molecule is C=CC(=O)Nc1cc2c(Nc3ccc(F)c(-c4ncccc4F)c3)ncnc2cc1OCCCN1CCN(C)CC1. The number of nitrogens with zero attached hydrogens (tertiary/aromatic N) is 5. The number of pyridine rings is 1. The van der Waals surface area contributed by atoms with Crippen LogP contribution in [0.25, 0.3) is 22.2 Å². The molecule has 2 aromatic heterocycles. The number of hydrogen-bond acceptors (Lipinski definition) is 8. The number of carbonyl (C=O) groups excluding carboxylic acids is 1. The van der Waals surface area contributed by atoms with E-state index in [2.05, 4.69) is 49.0 Å². The molecule has 3 heterocycles. The fourth-order valence-corrected chi connectivity index (χ4v) is 4.63. The van der Waals surface area contributed by atoms with Gasteiger partial charge in [-0.1, -0.05) is 6.58 Å². The topological polar surface area (TPSA) is 95.5 Å². The number of anilines is 3. The van der Waals surface area contributed by atoms with Crippen LogP contribution < -0.4 is 15.4 Å². The molecule has 1 saturated heterocycles. The maximum absolute atomic E-state index is 14.6. The summed E-state index contributed by atoms with van der Waals surface area (Å²) in [7, 11) is 2.13. The normalized spacial score (nSPS) is 14.1. The van der Waals surface area contributed by atoms with Crippen molar-refractivity contribution in [1.82, 2.24) is 24.8 Å². The maximum atomic E-state index is 14.6. The number of ether oxygens (including phenoxy) is 1. The summed E-state index contributed by atoms with van der Waals surface area (Å²) in [5, 5.41) is 6.55. The van der Waals surface area contributed by atoms with E-state index in [1.165, 1.54) is 48.9 Å². The van der Waals surface area contributed by atoms with Gasteiger partial charge in [0, 0.05) is 61.6 Å². The van der Waals surface area contributed by atoms with Crippen LogP contribution in [0.15, 0.2) is 67.6 Å². The Bertz CT molecular complexity index is 1560. The molecule has 2 N–H and O–H groups in total. The Morgan fingerprint density at radius 3 is 2.68 bits per heavy atom. The Hall–Kier alpha value is -4.48. The second-order valence-electron chi connectivity index (χ2n) is 9.78. The van der Waals surface area contributed by atoms with Gasteiger partial charge >= 0.3 is 0 Å². The highest BCUT2D eigenvalue weighted by Crippen LogP contribution is 2.34. The monoisotopic (exact) mass is 559 g/mol. The molecule has 0 bridgehead atoms. The molecule has 11 heteroatoms. The van der Waals surface area contributed by atoms with Crippen LogP contribution in [0.4, 0.5) is 26.0 Å². The van der Waals surface area contributed by atoms with Gasteiger partial charge in [-0.2, -0.15) is 0 Å². The molecule has 4 aromatic rings. The minimum Gasteiger partial charge on any atom is -0.491 e. The standard InChI is InChI=1S/C30H31F2N7O2/c1-3-28(40)37-26-17-22-25(18-27(26)41-15-5-10-39-13-11-38(2)12-14-39)34-19-35-30(22)36-20-7-8-23(31)21(16-20)29-24(32)6-4-9-33-29/h3-4,6-9,16-19H,1,5,10-15H2,2H3,(H,37,40)(H,34,35,36). The first-order valence-electron chi connectivity index (χ1n) is 13.3. The third-order valence-corrected chi connectivity index (χ3v) is 6.89. The van der Waals surface area contributed by atoms with Gasteiger partial charge in [0.25, 0.3) is 0 Å². The number of hydrogen-bond donors (Lipinski definition) is 2. The highest BCUT2D eigenvalue weighted by molar-refractivity contribution is 6.03. The lowest BCUT2D eigenvalue weighted by Crippen LogP contribution is -2.44. The van der Waals surface area contributed by atoms with Gasteiger partial charge in [0.15, 0.2) is 0 Å². The molecule has 9 nitrogen and oxygen atoms in total. The third-order valence-electron chi connectivity index (χ3n) is 6.89. The summed E-state index contributed by atoms with van der Waals surface area (Å²) in [6.07, 6.45) is 4.81. The van der Waals surface area contributed by atoms with E-state index in [0.717, 1.165) is 39.1 Å². The van der Waals surface area contributed by atoms with Crippen LogP contribution >= 0.6 is 0 Å². The molecule has 1 aliphatic rings. The molecule has 1 aliphatic heterocycles. The highest BCUT2D eigenvalue weighted by atomic mass is 19.1. The zero-order valence-corrected chi connectivity index (χ0v) is 22.7. The van der Waals surface area contributed by atoms with Crippen molar-refractivity contribution in [2.45, 2.75) is 6.42 Å². The van der Waals surface area contributed by atoms with Gasteiger partial charge in [-0.25, -0.2) is 18.7 Å². The number of aromatic nitrogens is 3. The summed E-state index contributed by atoms with van der Waals surface area (Å²) in [4.78, 5) is 29.7. The summed E-state index contributed by atoms with van der Waals surface area (Å²) >= 11 is 0. The molecule has 0 spiro atoms. The van der Waals surface area contributed by atoms with Crippen LogP contribution in [0.2, 0.25) is 0 Å². The lowest BCUT2D eigenvalue weighted by atomic mass is 10.1. The van der Waals surface area contributed by atoms with Gasteiger partial charge in [-0.15, -0.1) is 0 Å². The number of benzene rings is 2. The number of likely N-dealkylation sites (N-methyl/N-ethyl adjacent to an activating group) is 1.